The zero-order valence-electron chi connectivity index (χ0n) is 17.7. The Morgan fingerprint density at radius 1 is 1.11 bits per heavy atom. The quantitative estimate of drug-likeness (QED) is 0.438. The molecule has 0 fully saturated rings. The van der Waals surface area contributed by atoms with Crippen molar-refractivity contribution in [3.63, 3.8) is 0 Å². The Bertz CT molecular complexity index is 1520. The number of rotatable bonds is 4. The summed E-state index contributed by atoms with van der Waals surface area (Å²) in [5.41, 5.74) is 2.46. The van der Waals surface area contributed by atoms with Crippen molar-refractivity contribution in [2.45, 2.75) is 17.1 Å². The van der Waals surface area contributed by atoms with E-state index in [0.29, 0.717) is 17.5 Å². The number of carbonyl (C=O) groups is 3. The number of hydrogen-bond acceptors (Lipinski definition) is 7. The van der Waals surface area contributed by atoms with Crippen LogP contribution in [0.5, 0.6) is 0 Å². The average Bonchev–Trinajstić information content (AvgIpc) is 3.44. The van der Waals surface area contributed by atoms with E-state index >= 15 is 0 Å². The number of thiophene rings is 1. The van der Waals surface area contributed by atoms with E-state index in [-0.39, 0.29) is 26.3 Å². The van der Waals surface area contributed by atoms with Gasteiger partial charge in [0.15, 0.2) is 0 Å². The van der Waals surface area contributed by atoms with Gasteiger partial charge < -0.3 is 10.6 Å². The van der Waals surface area contributed by atoms with E-state index in [1.807, 2.05) is 0 Å². The molecule has 4 amide bonds. The molecule has 2 aliphatic heterocycles. The summed E-state index contributed by atoms with van der Waals surface area (Å²) < 4.78 is 41.3. The molecule has 0 saturated carbocycles. The van der Waals surface area contributed by atoms with Gasteiger partial charge in [-0.05, 0) is 60.0 Å². The van der Waals surface area contributed by atoms with Gasteiger partial charge in [-0.3, -0.25) is 9.59 Å². The average molecular weight is 535 g/mol. The predicted molar refractivity (Wildman–Crippen MR) is 129 cm³/mol. The second-order valence-electron chi connectivity index (χ2n) is 7.79. The Balaban J connectivity index is 1.35. The third kappa shape index (κ3) is 4.24. The minimum absolute atomic E-state index is 0.0433. The Hall–Kier alpha value is -3.48. The number of carbonyl (C=O) groups excluding carboxylic acids is 3. The van der Waals surface area contributed by atoms with Crippen LogP contribution in [-0.2, 0) is 27.7 Å². The number of imide groups is 1. The molecule has 3 heterocycles. The van der Waals surface area contributed by atoms with Crippen molar-refractivity contribution in [2.24, 2.45) is 0 Å². The van der Waals surface area contributed by atoms with Gasteiger partial charge in [-0.2, -0.15) is 0 Å². The van der Waals surface area contributed by atoms with E-state index in [9.17, 15) is 27.2 Å². The van der Waals surface area contributed by atoms with Crippen LogP contribution in [0.1, 0.15) is 21.5 Å². The highest BCUT2D eigenvalue weighted by atomic mass is 35.5. The Kier molecular flexibility index (Phi) is 5.74. The number of nitrogens with zero attached hydrogens (tertiary/aromatic N) is 1. The molecule has 9 nitrogen and oxygen atoms in total. The number of amides is 4. The normalized spacial score (nSPS) is 14.9. The summed E-state index contributed by atoms with van der Waals surface area (Å²) in [6.45, 7) is 0.719. The van der Waals surface area contributed by atoms with Crippen LogP contribution in [0.3, 0.4) is 0 Å². The van der Waals surface area contributed by atoms with Gasteiger partial charge in [-0.15, -0.1) is 11.3 Å². The van der Waals surface area contributed by atoms with Crippen molar-refractivity contribution in [2.75, 3.05) is 22.1 Å². The summed E-state index contributed by atoms with van der Waals surface area (Å²) >= 11 is 6.50. The summed E-state index contributed by atoms with van der Waals surface area (Å²) in [5, 5.41) is 5.42. The van der Waals surface area contributed by atoms with E-state index in [0.717, 1.165) is 40.1 Å². The largest absolute Gasteiger partial charge is 0.384 e. The van der Waals surface area contributed by atoms with Crippen LogP contribution in [0, 0.1) is 5.82 Å². The van der Waals surface area contributed by atoms with Crippen LogP contribution < -0.4 is 20.3 Å². The van der Waals surface area contributed by atoms with Crippen molar-refractivity contribution in [3.8, 4) is 0 Å². The van der Waals surface area contributed by atoms with Crippen LogP contribution in [-0.4, -0.2) is 32.8 Å². The minimum atomic E-state index is -4.17. The monoisotopic (exact) mass is 534 g/mol. The van der Waals surface area contributed by atoms with Crippen LogP contribution in [0.2, 0.25) is 4.34 Å². The van der Waals surface area contributed by atoms with Gasteiger partial charge in [0.25, 0.3) is 15.9 Å². The van der Waals surface area contributed by atoms with Crippen molar-refractivity contribution < 1.29 is 27.2 Å². The fourth-order valence-electron chi connectivity index (χ4n) is 4.11. The molecule has 0 unspecified atom stereocenters. The molecular formula is C22H16ClFN4O5S2. The third-order valence-electron chi connectivity index (χ3n) is 5.62. The molecule has 0 radical (unpaired) electrons. The minimum Gasteiger partial charge on any atom is -0.384 e. The first-order valence-electron chi connectivity index (χ1n) is 10.3. The summed E-state index contributed by atoms with van der Waals surface area (Å²) in [5.74, 6) is -2.14. The second-order valence-corrected chi connectivity index (χ2v) is 11.4. The number of hydrogen-bond donors (Lipinski definition) is 3. The van der Waals surface area contributed by atoms with Gasteiger partial charge in [0.05, 0.1) is 16.4 Å². The molecule has 13 heteroatoms. The maximum Gasteiger partial charge on any atom is 0.333 e. The van der Waals surface area contributed by atoms with Crippen LogP contribution >= 0.6 is 22.9 Å². The number of benzene rings is 2. The first kappa shape index (κ1) is 23.3. The lowest BCUT2D eigenvalue weighted by Crippen LogP contribution is -2.43. The van der Waals surface area contributed by atoms with Crippen molar-refractivity contribution in [3.05, 3.63) is 69.3 Å². The number of urea groups is 1. The van der Waals surface area contributed by atoms with Crippen molar-refractivity contribution in [1.82, 2.24) is 4.72 Å². The highest BCUT2D eigenvalue weighted by Crippen LogP contribution is 2.35. The summed E-state index contributed by atoms with van der Waals surface area (Å²) in [6.07, 6.45) is 0.656. The number of halogens is 2. The Morgan fingerprint density at radius 2 is 1.91 bits per heavy atom. The summed E-state index contributed by atoms with van der Waals surface area (Å²) in [4.78, 5) is 38.9. The van der Waals surface area contributed by atoms with Gasteiger partial charge in [-0.25, -0.2) is 27.2 Å². The molecule has 1 aromatic heterocycles. The summed E-state index contributed by atoms with van der Waals surface area (Å²) in [7, 11) is -4.17. The number of anilines is 3. The van der Waals surface area contributed by atoms with E-state index in [4.69, 9.17) is 11.6 Å². The highest BCUT2D eigenvalue weighted by Gasteiger charge is 2.36. The number of nitrogens with one attached hydrogen (secondary N) is 3. The SMILES string of the molecule is O=C(Nc1ccc(N2C(=O)Cc3c(ccc4c3CCN4)C2=O)c(F)c1)NS(=O)(=O)c1ccc(Cl)s1. The topological polar surface area (TPSA) is 125 Å². The van der Waals surface area contributed by atoms with E-state index < -0.39 is 33.7 Å². The molecule has 5 rings (SSSR count). The molecule has 3 aromatic rings. The summed E-state index contributed by atoms with van der Waals surface area (Å²) in [6, 6.07) is 8.21. The van der Waals surface area contributed by atoms with Gasteiger partial charge in [0, 0.05) is 23.5 Å². The van der Waals surface area contributed by atoms with Gasteiger partial charge >= 0.3 is 6.03 Å². The van der Waals surface area contributed by atoms with Crippen molar-refractivity contribution in [1.29, 1.82) is 0 Å². The van der Waals surface area contributed by atoms with Gasteiger partial charge in [0.2, 0.25) is 5.91 Å². The lowest BCUT2D eigenvalue weighted by Gasteiger charge is -2.28. The van der Waals surface area contributed by atoms with E-state index in [1.54, 1.807) is 16.9 Å². The smallest absolute Gasteiger partial charge is 0.333 e. The molecule has 0 saturated heterocycles. The van der Waals surface area contributed by atoms with Crippen LogP contribution in [0.25, 0.3) is 0 Å². The number of fused-ring (bicyclic) bond motifs is 3. The molecule has 0 spiro atoms. The predicted octanol–water partition coefficient (Wildman–Crippen LogP) is 3.75. The van der Waals surface area contributed by atoms with Crippen LogP contribution in [0.4, 0.5) is 26.2 Å². The first-order chi connectivity index (χ1) is 16.6. The maximum atomic E-state index is 15.0. The molecular weight excluding hydrogens is 519 g/mol. The molecule has 35 heavy (non-hydrogen) atoms. The highest BCUT2D eigenvalue weighted by molar-refractivity contribution is 7.92. The first-order valence-corrected chi connectivity index (χ1v) is 13.0. The molecule has 3 N–H and O–H groups in total. The maximum absolute atomic E-state index is 15.0. The van der Waals surface area contributed by atoms with E-state index in [2.05, 4.69) is 10.6 Å². The molecule has 0 aliphatic carbocycles. The van der Waals surface area contributed by atoms with E-state index in [1.165, 1.54) is 24.3 Å². The Labute approximate surface area is 207 Å². The van der Waals surface area contributed by atoms with Gasteiger partial charge in [0.1, 0.15) is 10.0 Å². The molecule has 0 bridgehead atoms. The molecule has 2 aromatic carbocycles. The Morgan fingerprint density at radius 3 is 2.63 bits per heavy atom. The lowest BCUT2D eigenvalue weighted by molar-refractivity contribution is -0.117. The fraction of sp³-hybridized carbons (Fsp3) is 0.136. The van der Waals surface area contributed by atoms with Gasteiger partial charge in [-0.1, -0.05) is 11.6 Å². The van der Waals surface area contributed by atoms with Crippen LogP contribution in [0.15, 0.2) is 46.7 Å². The zero-order valence-corrected chi connectivity index (χ0v) is 20.1. The molecule has 2 aliphatic rings. The molecule has 180 valence electrons. The fourth-order valence-corrected chi connectivity index (χ4v) is 6.50. The standard InChI is InChI=1S/C22H16ClFN4O5S2/c23-18-5-6-20(34-18)35(32,33)27-22(31)26-11-1-4-17(15(24)9-11)28-19(29)10-14-12-7-8-25-16(12)3-2-13(14)21(28)30/h1-6,9,25H,7-8,10H2,(H2,26,27,31). The molecule has 0 atom stereocenters. The third-order valence-corrected chi connectivity index (χ3v) is 8.67. The number of sulfonamides is 1. The van der Waals surface area contributed by atoms with Crippen molar-refractivity contribution >= 4 is 67.9 Å². The second kappa shape index (κ2) is 8.63. The lowest BCUT2D eigenvalue weighted by atomic mass is 9.91. The zero-order chi connectivity index (χ0) is 24.9.